The van der Waals surface area contributed by atoms with Crippen LogP contribution >= 0.6 is 0 Å². The number of nitrogens with zero attached hydrogens (tertiary/aromatic N) is 4. The van der Waals surface area contributed by atoms with Gasteiger partial charge in [-0.25, -0.2) is 9.69 Å². The zero-order valence-corrected chi connectivity index (χ0v) is 29.4. The van der Waals surface area contributed by atoms with Crippen molar-refractivity contribution in [3.8, 4) is 33.6 Å². The largest absolute Gasteiger partial charge is 0.466 e. The number of aromatic nitrogens is 2. The summed E-state index contributed by atoms with van der Waals surface area (Å²) in [6, 6.07) is 58.7. The van der Waals surface area contributed by atoms with Gasteiger partial charge in [-0.3, -0.25) is 0 Å². The van der Waals surface area contributed by atoms with E-state index in [-0.39, 0.29) is 0 Å². The molecule has 5 nitrogen and oxygen atoms in total. The monoisotopic (exact) mass is 700 g/mol. The van der Waals surface area contributed by atoms with Crippen LogP contribution in [0.5, 0.6) is 0 Å². The molecule has 0 fully saturated rings. The van der Waals surface area contributed by atoms with Crippen molar-refractivity contribution < 1.29 is 4.42 Å². The summed E-state index contributed by atoms with van der Waals surface area (Å²) < 4.78 is 11.1. The third kappa shape index (κ3) is 4.51. The van der Waals surface area contributed by atoms with E-state index >= 15 is 0 Å². The minimum Gasteiger partial charge on any atom is -0.466 e. The fourth-order valence-corrected chi connectivity index (χ4v) is 8.60. The summed E-state index contributed by atoms with van der Waals surface area (Å²) >= 11 is 0. The summed E-state index contributed by atoms with van der Waals surface area (Å²) in [5, 5.41) is 6.43. The van der Waals surface area contributed by atoms with Gasteiger partial charge in [-0.1, -0.05) is 109 Å². The molecule has 0 spiro atoms. The van der Waals surface area contributed by atoms with E-state index in [0.29, 0.717) is 17.0 Å². The molecule has 0 N–H and O–H groups in total. The predicted molar refractivity (Wildman–Crippen MR) is 226 cm³/mol. The van der Waals surface area contributed by atoms with Gasteiger partial charge in [0.25, 0.3) is 0 Å². The van der Waals surface area contributed by atoms with Crippen molar-refractivity contribution in [2.45, 2.75) is 0 Å². The molecule has 5 heteroatoms. The third-order valence-corrected chi connectivity index (χ3v) is 10.9. The highest BCUT2D eigenvalue weighted by Crippen LogP contribution is 2.44. The van der Waals surface area contributed by atoms with Gasteiger partial charge >= 0.3 is 0 Å². The van der Waals surface area contributed by atoms with Gasteiger partial charge in [0, 0.05) is 38.3 Å². The van der Waals surface area contributed by atoms with E-state index in [2.05, 4.69) is 158 Å². The maximum absolute atomic E-state index is 8.10. The fourth-order valence-electron chi connectivity index (χ4n) is 8.60. The summed E-state index contributed by atoms with van der Waals surface area (Å²) in [6.07, 6.45) is 0. The Morgan fingerprint density at radius 3 is 1.71 bits per heavy atom. The van der Waals surface area contributed by atoms with E-state index in [1.165, 1.54) is 10.8 Å². The highest BCUT2D eigenvalue weighted by atomic mass is 16.3. The Labute approximate surface area is 315 Å². The number of para-hydroxylation sites is 4. The van der Waals surface area contributed by atoms with Crippen LogP contribution in [0.15, 0.2) is 174 Å². The van der Waals surface area contributed by atoms with Crippen molar-refractivity contribution in [1.82, 2.24) is 9.13 Å². The highest BCUT2D eigenvalue weighted by Gasteiger charge is 2.21. The van der Waals surface area contributed by atoms with Gasteiger partial charge in [-0.05, 0) is 82.9 Å². The van der Waals surface area contributed by atoms with E-state index in [0.717, 1.165) is 82.8 Å². The number of benzene rings is 8. The topological polar surface area (TPSA) is 31.7 Å². The molecule has 0 aliphatic rings. The molecule has 0 saturated carbocycles. The Kier molecular flexibility index (Phi) is 6.61. The smallest absolute Gasteiger partial charge is 0.229 e. The summed E-state index contributed by atoms with van der Waals surface area (Å²) in [5.74, 6) is 0. The normalized spacial score (nSPS) is 11.6. The van der Waals surface area contributed by atoms with Crippen LogP contribution in [0, 0.1) is 13.1 Å². The van der Waals surface area contributed by atoms with Gasteiger partial charge in [-0.15, -0.1) is 0 Å². The summed E-state index contributed by atoms with van der Waals surface area (Å²) in [7, 11) is 0. The number of fused-ring (bicyclic) bond motifs is 10. The maximum Gasteiger partial charge on any atom is 0.229 e. The first-order valence-corrected chi connectivity index (χ1v) is 18.2. The zero-order valence-electron chi connectivity index (χ0n) is 29.4. The van der Waals surface area contributed by atoms with Crippen LogP contribution in [0.25, 0.3) is 109 Å². The minimum atomic E-state index is 0.515. The number of rotatable bonds is 4. The average molecular weight is 701 g/mol. The van der Waals surface area contributed by atoms with Crippen LogP contribution in [0.4, 0.5) is 11.4 Å². The molecule has 3 heterocycles. The standard InChI is InChI=1S/C50H28N4O/c1-51-33-27-32(29-35(30-33)54-44-22-8-5-17-38(44)39-18-6-9-23-45(39)54)37-16-4-3-15-36(37)31-13-11-14-34(28-31)53-46-24-10-7-19-42(46)48-47(53)26-25-41-40-20-12-21-43(52-2)49(40)55-50(41)48/h3-30H. The minimum absolute atomic E-state index is 0.515. The van der Waals surface area contributed by atoms with Gasteiger partial charge in [0.2, 0.25) is 5.69 Å². The summed E-state index contributed by atoms with van der Waals surface area (Å²) in [5.41, 5.74) is 13.0. The molecule has 55 heavy (non-hydrogen) atoms. The zero-order chi connectivity index (χ0) is 36.6. The van der Waals surface area contributed by atoms with Crippen molar-refractivity contribution >= 4 is 76.9 Å². The van der Waals surface area contributed by atoms with Crippen LogP contribution in [0.2, 0.25) is 0 Å². The van der Waals surface area contributed by atoms with Crippen LogP contribution in [-0.2, 0) is 0 Å². The summed E-state index contributed by atoms with van der Waals surface area (Å²) in [6.45, 7) is 15.8. The van der Waals surface area contributed by atoms with Crippen molar-refractivity contribution in [2.24, 2.45) is 0 Å². The Morgan fingerprint density at radius 1 is 0.400 bits per heavy atom. The molecular weight excluding hydrogens is 673 g/mol. The first-order valence-electron chi connectivity index (χ1n) is 18.2. The van der Waals surface area contributed by atoms with Crippen LogP contribution < -0.4 is 0 Å². The number of hydrogen-bond donors (Lipinski definition) is 0. The number of hydrogen-bond acceptors (Lipinski definition) is 1. The Morgan fingerprint density at radius 2 is 0.982 bits per heavy atom. The molecule has 0 aliphatic heterocycles. The lowest BCUT2D eigenvalue weighted by Gasteiger charge is -2.15. The van der Waals surface area contributed by atoms with Gasteiger partial charge in [0.15, 0.2) is 5.69 Å². The average Bonchev–Trinajstić information content (AvgIpc) is 3.91. The second-order valence-corrected chi connectivity index (χ2v) is 13.9. The molecule has 3 aromatic heterocycles. The lowest BCUT2D eigenvalue weighted by atomic mass is 9.93. The first kappa shape index (κ1) is 30.7. The molecule has 0 bridgehead atoms. The van der Waals surface area contributed by atoms with Gasteiger partial charge in [-0.2, -0.15) is 0 Å². The van der Waals surface area contributed by atoms with Crippen LogP contribution in [0.1, 0.15) is 0 Å². The lowest BCUT2D eigenvalue weighted by Crippen LogP contribution is -1.96. The van der Waals surface area contributed by atoms with Crippen LogP contribution in [0.3, 0.4) is 0 Å². The molecule has 0 unspecified atom stereocenters. The van der Waals surface area contributed by atoms with Crippen molar-refractivity contribution in [1.29, 1.82) is 0 Å². The lowest BCUT2D eigenvalue weighted by molar-refractivity contribution is 0.675. The second kappa shape index (κ2) is 11.8. The molecule has 0 amide bonds. The van der Waals surface area contributed by atoms with E-state index in [4.69, 9.17) is 17.6 Å². The van der Waals surface area contributed by atoms with E-state index < -0.39 is 0 Å². The number of furan rings is 1. The summed E-state index contributed by atoms with van der Waals surface area (Å²) in [4.78, 5) is 7.69. The van der Waals surface area contributed by atoms with Crippen molar-refractivity contribution in [3.05, 3.63) is 193 Å². The molecule has 0 atom stereocenters. The van der Waals surface area contributed by atoms with E-state index in [9.17, 15) is 0 Å². The van der Waals surface area contributed by atoms with Crippen molar-refractivity contribution in [2.75, 3.05) is 0 Å². The second-order valence-electron chi connectivity index (χ2n) is 13.9. The molecule has 0 saturated heterocycles. The molecule has 11 rings (SSSR count). The highest BCUT2D eigenvalue weighted by molar-refractivity contribution is 6.24. The van der Waals surface area contributed by atoms with Gasteiger partial charge in [0.1, 0.15) is 11.2 Å². The van der Waals surface area contributed by atoms with Gasteiger partial charge in [0.05, 0.1) is 40.6 Å². The van der Waals surface area contributed by atoms with E-state index in [1.807, 2.05) is 30.3 Å². The maximum atomic E-state index is 8.10. The molecule has 0 aliphatic carbocycles. The molecule has 0 radical (unpaired) electrons. The first-order chi connectivity index (χ1) is 27.2. The molecule has 11 aromatic rings. The Bertz CT molecular complexity index is 3420. The Balaban J connectivity index is 1.10. The molecule has 254 valence electrons. The van der Waals surface area contributed by atoms with Gasteiger partial charge < -0.3 is 13.6 Å². The van der Waals surface area contributed by atoms with E-state index in [1.54, 1.807) is 0 Å². The van der Waals surface area contributed by atoms with Crippen LogP contribution in [-0.4, -0.2) is 9.13 Å². The molecule has 8 aromatic carbocycles. The fraction of sp³-hybridized carbons (Fsp3) is 0. The quantitative estimate of drug-likeness (QED) is 0.168. The third-order valence-electron chi connectivity index (χ3n) is 10.9. The Hall–Kier alpha value is -7.86. The predicted octanol–water partition coefficient (Wildman–Crippen LogP) is 14.2. The SMILES string of the molecule is [C-]#[N+]c1cc(-c2ccccc2-c2cccc(-n3c4ccccc4c4c5oc6c([N+]#[C-])cccc6c5ccc43)c2)cc(-n2c3ccccc3c3ccccc32)c1. The molecular formula is C50H28N4O. The van der Waals surface area contributed by atoms with Crippen molar-refractivity contribution in [3.63, 3.8) is 0 Å².